The highest BCUT2D eigenvalue weighted by Crippen LogP contribution is 2.24. The second kappa shape index (κ2) is 6.49. The number of H-pyrrole nitrogens is 1. The van der Waals surface area contributed by atoms with Gasteiger partial charge in [-0.25, -0.2) is 0 Å². The third kappa shape index (κ3) is 3.19. The Morgan fingerprint density at radius 3 is 2.71 bits per heavy atom. The van der Waals surface area contributed by atoms with Crippen molar-refractivity contribution in [1.82, 2.24) is 9.88 Å². The molecule has 0 bridgehead atoms. The van der Waals surface area contributed by atoms with Crippen LogP contribution in [0.4, 0.5) is 5.69 Å². The van der Waals surface area contributed by atoms with Crippen LogP contribution in [0.25, 0.3) is 0 Å². The van der Waals surface area contributed by atoms with Crippen molar-refractivity contribution in [3.63, 3.8) is 0 Å². The van der Waals surface area contributed by atoms with E-state index in [1.54, 1.807) is 23.1 Å². The molecule has 1 fully saturated rings. The largest absolute Gasteiger partial charge is 0.328 e. The highest BCUT2D eigenvalue weighted by atomic mass is 35.5. The second-order valence-electron chi connectivity index (χ2n) is 5.71. The number of amides is 2. The third-order valence-corrected chi connectivity index (χ3v) is 4.23. The Morgan fingerprint density at radius 2 is 2.04 bits per heavy atom. The maximum atomic E-state index is 12.6. The van der Waals surface area contributed by atoms with Crippen LogP contribution in [0.15, 0.2) is 47.4 Å². The van der Waals surface area contributed by atoms with Gasteiger partial charge in [0.2, 0.25) is 11.5 Å². The molecule has 0 saturated carbocycles. The summed E-state index contributed by atoms with van der Waals surface area (Å²) in [5.41, 5.74) is 0.794. The molecule has 6 nitrogen and oxygen atoms in total. The lowest BCUT2D eigenvalue weighted by atomic mass is 10.1. The van der Waals surface area contributed by atoms with E-state index in [0.717, 1.165) is 5.69 Å². The van der Waals surface area contributed by atoms with E-state index in [9.17, 15) is 14.4 Å². The van der Waals surface area contributed by atoms with Crippen molar-refractivity contribution in [2.24, 2.45) is 0 Å². The van der Waals surface area contributed by atoms with Gasteiger partial charge in [-0.1, -0.05) is 17.7 Å². The first-order valence-electron chi connectivity index (χ1n) is 7.51. The molecular weight excluding hydrogens is 330 g/mol. The molecule has 24 heavy (non-hydrogen) atoms. The lowest BCUT2D eigenvalue weighted by Crippen LogP contribution is -2.57. The molecule has 2 amide bonds. The molecule has 0 aliphatic carbocycles. The molecule has 0 unspecified atom stereocenters. The number of nitrogens with zero attached hydrogens (tertiary/aromatic N) is 2. The average molecular weight is 346 g/mol. The standard InChI is InChI=1S/C17H16ClN3O3/c1-11-9-21(14-4-2-3-13(18)7-14)16(23)10-20(11)17(24)12-5-6-15(22)19-8-12/h2-8,11H,9-10H2,1H3,(H,19,22)/t11-/m1/s1. The van der Waals surface area contributed by atoms with E-state index in [1.165, 1.54) is 23.2 Å². The van der Waals surface area contributed by atoms with E-state index in [0.29, 0.717) is 17.1 Å². The summed E-state index contributed by atoms with van der Waals surface area (Å²) >= 11 is 5.99. The zero-order valence-electron chi connectivity index (χ0n) is 13.0. The molecule has 3 rings (SSSR count). The smallest absolute Gasteiger partial charge is 0.256 e. The van der Waals surface area contributed by atoms with Gasteiger partial charge in [-0.05, 0) is 31.2 Å². The van der Waals surface area contributed by atoms with Crippen molar-refractivity contribution in [2.75, 3.05) is 18.0 Å². The second-order valence-corrected chi connectivity index (χ2v) is 6.14. The Balaban J connectivity index is 1.80. The van der Waals surface area contributed by atoms with E-state index < -0.39 is 0 Å². The van der Waals surface area contributed by atoms with Gasteiger partial charge in [0.25, 0.3) is 5.91 Å². The fourth-order valence-corrected chi connectivity index (χ4v) is 2.91. The van der Waals surface area contributed by atoms with Crippen molar-refractivity contribution in [3.05, 3.63) is 63.5 Å². The highest BCUT2D eigenvalue weighted by Gasteiger charge is 2.33. The van der Waals surface area contributed by atoms with Gasteiger partial charge >= 0.3 is 0 Å². The molecule has 1 saturated heterocycles. The van der Waals surface area contributed by atoms with Gasteiger partial charge in [-0.15, -0.1) is 0 Å². The highest BCUT2D eigenvalue weighted by molar-refractivity contribution is 6.30. The van der Waals surface area contributed by atoms with Gasteiger partial charge in [0.1, 0.15) is 6.54 Å². The number of hydrogen-bond acceptors (Lipinski definition) is 3. The molecule has 1 aliphatic heterocycles. The maximum Gasteiger partial charge on any atom is 0.256 e. The number of aromatic amines is 1. The number of carbonyl (C=O) groups is 2. The fraction of sp³-hybridized carbons (Fsp3) is 0.235. The summed E-state index contributed by atoms with van der Waals surface area (Å²) in [7, 11) is 0. The first-order chi connectivity index (χ1) is 11.5. The Labute approximate surface area is 143 Å². The fourth-order valence-electron chi connectivity index (χ4n) is 2.73. The number of piperazine rings is 1. The van der Waals surface area contributed by atoms with Crippen molar-refractivity contribution in [1.29, 1.82) is 0 Å². The summed E-state index contributed by atoms with van der Waals surface area (Å²) in [5, 5.41) is 0.555. The first-order valence-corrected chi connectivity index (χ1v) is 7.89. The van der Waals surface area contributed by atoms with Crippen LogP contribution in [-0.4, -0.2) is 40.8 Å². The van der Waals surface area contributed by atoms with Crippen LogP contribution in [0, 0.1) is 0 Å². The molecule has 1 aromatic heterocycles. The number of rotatable bonds is 2. The van der Waals surface area contributed by atoms with Crippen LogP contribution in [0.5, 0.6) is 0 Å². The summed E-state index contributed by atoms with van der Waals surface area (Å²) in [4.78, 5) is 41.8. The lowest BCUT2D eigenvalue weighted by molar-refractivity contribution is -0.121. The van der Waals surface area contributed by atoms with Gasteiger partial charge in [-0.3, -0.25) is 14.4 Å². The predicted octanol–water partition coefficient (Wildman–Crippen LogP) is 1.91. The normalized spacial score (nSPS) is 17.9. The Kier molecular flexibility index (Phi) is 4.40. The zero-order valence-corrected chi connectivity index (χ0v) is 13.8. The number of hydrogen-bond donors (Lipinski definition) is 1. The predicted molar refractivity (Wildman–Crippen MR) is 91.4 cm³/mol. The molecule has 1 atom stereocenters. The summed E-state index contributed by atoms with van der Waals surface area (Å²) in [6.07, 6.45) is 1.37. The minimum absolute atomic E-state index is 0.0222. The maximum absolute atomic E-state index is 12.6. The van der Waals surface area contributed by atoms with Crippen LogP contribution in [0.3, 0.4) is 0 Å². The molecule has 0 radical (unpaired) electrons. The van der Waals surface area contributed by atoms with Crippen molar-refractivity contribution >= 4 is 29.1 Å². The Hall–Kier alpha value is -2.60. The topological polar surface area (TPSA) is 73.5 Å². The Morgan fingerprint density at radius 1 is 1.25 bits per heavy atom. The van der Waals surface area contributed by atoms with Crippen LogP contribution >= 0.6 is 11.6 Å². The molecule has 7 heteroatoms. The van der Waals surface area contributed by atoms with Gasteiger partial charge in [-0.2, -0.15) is 0 Å². The summed E-state index contributed by atoms with van der Waals surface area (Å²) < 4.78 is 0. The monoisotopic (exact) mass is 345 g/mol. The summed E-state index contributed by atoms with van der Waals surface area (Å²) in [6.45, 7) is 2.24. The number of aromatic nitrogens is 1. The van der Waals surface area contributed by atoms with Crippen LogP contribution in [0.2, 0.25) is 5.02 Å². The van der Waals surface area contributed by atoms with E-state index in [4.69, 9.17) is 11.6 Å². The molecule has 1 aromatic carbocycles. The minimum atomic E-state index is -0.280. The number of carbonyl (C=O) groups excluding carboxylic acids is 2. The number of anilines is 1. The van der Waals surface area contributed by atoms with Crippen LogP contribution < -0.4 is 10.5 Å². The Bertz CT molecular complexity index is 828. The lowest BCUT2D eigenvalue weighted by Gasteiger charge is -2.39. The van der Waals surface area contributed by atoms with E-state index >= 15 is 0 Å². The minimum Gasteiger partial charge on any atom is -0.328 e. The third-order valence-electron chi connectivity index (χ3n) is 4.00. The van der Waals surface area contributed by atoms with Gasteiger partial charge < -0.3 is 14.8 Å². The van der Waals surface area contributed by atoms with Crippen molar-refractivity contribution in [2.45, 2.75) is 13.0 Å². The molecule has 124 valence electrons. The molecular formula is C17H16ClN3O3. The van der Waals surface area contributed by atoms with E-state index in [-0.39, 0.29) is 30.0 Å². The quantitative estimate of drug-likeness (QED) is 0.903. The average Bonchev–Trinajstić information content (AvgIpc) is 2.56. The van der Waals surface area contributed by atoms with E-state index in [1.807, 2.05) is 13.0 Å². The molecule has 1 N–H and O–H groups in total. The number of halogens is 1. The summed E-state index contributed by atoms with van der Waals surface area (Å²) in [6, 6.07) is 9.66. The van der Waals surface area contributed by atoms with E-state index in [2.05, 4.69) is 4.98 Å². The van der Waals surface area contributed by atoms with Gasteiger partial charge in [0.05, 0.1) is 5.56 Å². The van der Waals surface area contributed by atoms with Crippen molar-refractivity contribution in [3.8, 4) is 0 Å². The molecule has 2 heterocycles. The van der Waals surface area contributed by atoms with Crippen LogP contribution in [0.1, 0.15) is 17.3 Å². The van der Waals surface area contributed by atoms with Gasteiger partial charge in [0.15, 0.2) is 0 Å². The van der Waals surface area contributed by atoms with Crippen LogP contribution in [-0.2, 0) is 4.79 Å². The number of pyridine rings is 1. The number of nitrogens with one attached hydrogen (secondary N) is 1. The molecule has 0 spiro atoms. The molecule has 2 aromatic rings. The molecule has 1 aliphatic rings. The van der Waals surface area contributed by atoms with Gasteiger partial charge in [0, 0.05) is 35.6 Å². The summed E-state index contributed by atoms with van der Waals surface area (Å²) in [5.74, 6) is -0.453. The van der Waals surface area contributed by atoms with Crippen molar-refractivity contribution < 1.29 is 9.59 Å². The first kappa shape index (κ1) is 16.3. The SMILES string of the molecule is C[C@@H]1CN(c2cccc(Cl)c2)C(=O)CN1C(=O)c1ccc(=O)[nH]c1. The zero-order chi connectivity index (χ0) is 17.3. The number of benzene rings is 1.